The second-order valence-electron chi connectivity index (χ2n) is 3.28. The molecule has 11 heavy (non-hydrogen) atoms. The topological polar surface area (TPSA) is 0 Å². The highest BCUT2D eigenvalue weighted by Gasteiger charge is 2.39. The summed E-state index contributed by atoms with van der Waals surface area (Å²) in [7, 11) is 0. The Balaban J connectivity index is 2.63. The molecule has 1 fully saturated rings. The fourth-order valence-electron chi connectivity index (χ4n) is 0.922. The van der Waals surface area contributed by atoms with E-state index in [1.54, 1.807) is 0 Å². The second kappa shape index (κ2) is 3.28. The van der Waals surface area contributed by atoms with E-state index in [0.717, 1.165) is 5.75 Å². The zero-order valence-corrected chi connectivity index (χ0v) is 10.4. The van der Waals surface area contributed by atoms with Crippen molar-refractivity contribution in [3.05, 3.63) is 0 Å². The summed E-state index contributed by atoms with van der Waals surface area (Å²) in [4.78, 5) is 0. The Morgan fingerprint density at radius 1 is 1.36 bits per heavy atom. The van der Waals surface area contributed by atoms with Gasteiger partial charge < -0.3 is 0 Å². The van der Waals surface area contributed by atoms with Crippen molar-refractivity contribution < 1.29 is 0 Å². The lowest BCUT2D eigenvalue weighted by atomic mass is 10.3. The van der Waals surface area contributed by atoms with Crippen molar-refractivity contribution >= 4 is 48.8 Å². The summed E-state index contributed by atoms with van der Waals surface area (Å²) < 4.78 is 0.249. The number of thioether (sulfide) groups is 2. The van der Waals surface area contributed by atoms with Crippen molar-refractivity contribution in [2.45, 2.75) is 34.2 Å². The molecule has 0 spiro atoms. The summed E-state index contributed by atoms with van der Waals surface area (Å²) in [5, 5.41) is 0.562. The van der Waals surface area contributed by atoms with Gasteiger partial charge in [0.05, 0.1) is 8.16 Å². The molecule has 0 amide bonds. The number of hydrogen-bond donors (Lipinski definition) is 2. The maximum atomic E-state index is 4.60. The van der Waals surface area contributed by atoms with Crippen LogP contribution in [0, 0.1) is 0 Å². The highest BCUT2D eigenvalue weighted by molar-refractivity contribution is 8.19. The Kier molecular flexibility index (Phi) is 3.12. The lowest BCUT2D eigenvalue weighted by Gasteiger charge is -2.41. The molecule has 0 aromatic rings. The maximum Gasteiger partial charge on any atom is 0.0670 e. The molecule has 3 atom stereocenters. The molecule has 0 aliphatic carbocycles. The van der Waals surface area contributed by atoms with Gasteiger partial charge in [-0.15, -0.1) is 23.5 Å². The van der Waals surface area contributed by atoms with Gasteiger partial charge >= 0.3 is 0 Å². The molecule has 1 rings (SSSR count). The van der Waals surface area contributed by atoms with Crippen LogP contribution in [0.4, 0.5) is 0 Å². The monoisotopic (exact) mass is 226 g/mol. The maximum absolute atomic E-state index is 4.60. The minimum atomic E-state index is 0.118. The van der Waals surface area contributed by atoms with E-state index >= 15 is 0 Å². The molecule has 1 aliphatic heterocycles. The van der Waals surface area contributed by atoms with Crippen LogP contribution in [-0.2, 0) is 0 Å². The van der Waals surface area contributed by atoms with Gasteiger partial charge in [-0.2, -0.15) is 25.3 Å². The van der Waals surface area contributed by atoms with Gasteiger partial charge in [-0.25, -0.2) is 0 Å². The van der Waals surface area contributed by atoms with Crippen LogP contribution in [0.25, 0.3) is 0 Å². The van der Waals surface area contributed by atoms with Gasteiger partial charge in [0.15, 0.2) is 0 Å². The van der Waals surface area contributed by atoms with Crippen molar-refractivity contribution in [2.75, 3.05) is 5.75 Å². The van der Waals surface area contributed by atoms with Crippen LogP contribution in [0.1, 0.15) is 20.8 Å². The van der Waals surface area contributed by atoms with Gasteiger partial charge in [0.25, 0.3) is 0 Å². The first-order valence-corrected chi connectivity index (χ1v) is 6.36. The molecule has 66 valence electrons. The predicted octanol–water partition coefficient (Wildman–Crippen LogP) is 3.15. The van der Waals surface area contributed by atoms with E-state index in [9.17, 15) is 0 Å². The van der Waals surface area contributed by atoms with E-state index in [1.807, 2.05) is 23.5 Å². The lowest BCUT2D eigenvalue weighted by molar-refractivity contribution is 0.839. The summed E-state index contributed by atoms with van der Waals surface area (Å²) >= 11 is 13.0. The first-order valence-electron chi connectivity index (χ1n) is 3.60. The van der Waals surface area contributed by atoms with Crippen molar-refractivity contribution in [2.24, 2.45) is 0 Å². The summed E-state index contributed by atoms with van der Waals surface area (Å²) in [5.41, 5.74) is 0. The van der Waals surface area contributed by atoms with E-state index in [4.69, 9.17) is 0 Å². The predicted molar refractivity (Wildman–Crippen MR) is 64.3 cm³/mol. The average Bonchev–Trinajstić information content (AvgIpc) is 1.81. The fourth-order valence-corrected chi connectivity index (χ4v) is 4.51. The van der Waals surface area contributed by atoms with Crippen LogP contribution in [-0.4, -0.2) is 19.2 Å². The van der Waals surface area contributed by atoms with E-state index in [1.165, 1.54) is 0 Å². The normalized spacial score (nSPS) is 52.6. The molecule has 0 aromatic carbocycles. The zero-order chi connectivity index (χ0) is 8.70. The summed E-state index contributed by atoms with van der Waals surface area (Å²) in [6, 6.07) is 0. The largest absolute Gasteiger partial charge is 0.161 e. The highest BCUT2D eigenvalue weighted by atomic mass is 32.2. The van der Waals surface area contributed by atoms with Crippen LogP contribution in [0.3, 0.4) is 0 Å². The molecule has 1 aliphatic rings. The van der Waals surface area contributed by atoms with E-state index in [-0.39, 0.29) is 8.16 Å². The van der Waals surface area contributed by atoms with Crippen LogP contribution in [0.2, 0.25) is 0 Å². The third-order valence-electron chi connectivity index (χ3n) is 1.82. The van der Waals surface area contributed by atoms with Gasteiger partial charge in [-0.3, -0.25) is 0 Å². The molecule has 3 unspecified atom stereocenters. The van der Waals surface area contributed by atoms with Gasteiger partial charge in [0.2, 0.25) is 0 Å². The molecular weight excluding hydrogens is 212 g/mol. The molecule has 0 aromatic heterocycles. The standard InChI is InChI=1S/C7H14S4/c1-5-7(3,9)10-4-6(2,8)11-5/h5,8-9H,4H2,1-3H3. The minimum Gasteiger partial charge on any atom is -0.161 e. The quantitative estimate of drug-likeness (QED) is 0.609. The van der Waals surface area contributed by atoms with E-state index in [0.29, 0.717) is 5.25 Å². The number of rotatable bonds is 0. The molecule has 0 N–H and O–H groups in total. The SMILES string of the molecule is CC1SC(C)(S)CSC1(C)S. The minimum absolute atomic E-state index is 0.118. The number of thiol groups is 2. The Bertz CT molecular complexity index is 153. The second-order valence-corrected chi connectivity index (χ2v) is 9.07. The van der Waals surface area contributed by atoms with Gasteiger partial charge in [-0.1, -0.05) is 6.92 Å². The zero-order valence-electron chi connectivity index (χ0n) is 7.00. The molecule has 4 heteroatoms. The first-order chi connectivity index (χ1) is 4.83. The number of hydrogen-bond acceptors (Lipinski definition) is 4. The summed E-state index contributed by atoms with van der Waals surface area (Å²) in [6.07, 6.45) is 0. The fraction of sp³-hybridized carbons (Fsp3) is 1.00. The van der Waals surface area contributed by atoms with Crippen LogP contribution in [0.5, 0.6) is 0 Å². The van der Waals surface area contributed by atoms with E-state index < -0.39 is 0 Å². The van der Waals surface area contributed by atoms with Crippen molar-refractivity contribution in [3.8, 4) is 0 Å². The van der Waals surface area contributed by atoms with Gasteiger partial charge in [0.1, 0.15) is 0 Å². The Hall–Kier alpha value is 1.40. The Morgan fingerprint density at radius 3 is 2.27 bits per heavy atom. The third kappa shape index (κ3) is 2.68. The van der Waals surface area contributed by atoms with Gasteiger partial charge in [-0.05, 0) is 13.8 Å². The smallest absolute Gasteiger partial charge is 0.0670 e. The van der Waals surface area contributed by atoms with Crippen molar-refractivity contribution in [3.63, 3.8) is 0 Å². The molecule has 1 saturated heterocycles. The van der Waals surface area contributed by atoms with Crippen LogP contribution >= 0.6 is 48.8 Å². The van der Waals surface area contributed by atoms with Crippen molar-refractivity contribution in [1.29, 1.82) is 0 Å². The average molecular weight is 226 g/mol. The molecule has 0 nitrogen and oxygen atoms in total. The molecule has 0 bridgehead atoms. The molecular formula is C7H14S4. The van der Waals surface area contributed by atoms with Gasteiger partial charge in [0, 0.05) is 11.0 Å². The molecule has 1 heterocycles. The Labute approximate surface area is 88.5 Å². The van der Waals surface area contributed by atoms with E-state index in [2.05, 4.69) is 46.0 Å². The van der Waals surface area contributed by atoms with Crippen LogP contribution in [0.15, 0.2) is 0 Å². The highest BCUT2D eigenvalue weighted by Crippen LogP contribution is 2.52. The third-order valence-corrected chi connectivity index (χ3v) is 6.92. The summed E-state index contributed by atoms with van der Waals surface area (Å²) in [6.45, 7) is 6.58. The molecule has 0 saturated carbocycles. The summed E-state index contributed by atoms with van der Waals surface area (Å²) in [5.74, 6) is 1.07. The first kappa shape index (κ1) is 10.5. The van der Waals surface area contributed by atoms with Crippen LogP contribution < -0.4 is 0 Å². The lowest BCUT2D eigenvalue weighted by Crippen LogP contribution is -2.37. The Morgan fingerprint density at radius 2 is 1.91 bits per heavy atom. The molecule has 0 radical (unpaired) electrons. The van der Waals surface area contributed by atoms with Crippen molar-refractivity contribution in [1.82, 2.24) is 0 Å².